The summed E-state index contributed by atoms with van der Waals surface area (Å²) in [5.41, 5.74) is 5.99. The molecule has 0 saturated heterocycles. The Morgan fingerprint density at radius 1 is 1.10 bits per heavy atom. The molecule has 2 N–H and O–H groups in total. The molecule has 5 rings (SSSR count). The molecule has 2 aliphatic rings. The van der Waals surface area contributed by atoms with Crippen LogP contribution < -0.4 is 5.32 Å². The molecule has 0 radical (unpaired) electrons. The van der Waals surface area contributed by atoms with Crippen molar-refractivity contribution in [3.8, 4) is 0 Å². The van der Waals surface area contributed by atoms with Crippen molar-refractivity contribution < 1.29 is 14.4 Å². The lowest BCUT2D eigenvalue weighted by molar-refractivity contribution is 0.0609. The Morgan fingerprint density at radius 3 is 2.65 bits per heavy atom. The fourth-order valence-electron chi connectivity index (χ4n) is 4.81. The quantitative estimate of drug-likeness (QED) is 0.639. The molecular formula is C25H25N3O3. The van der Waals surface area contributed by atoms with Crippen LogP contribution in [0, 0.1) is 6.92 Å². The van der Waals surface area contributed by atoms with Crippen LogP contribution in [0.1, 0.15) is 68.2 Å². The fourth-order valence-corrected chi connectivity index (χ4v) is 4.81. The Kier molecular flexibility index (Phi) is 4.46. The van der Waals surface area contributed by atoms with Gasteiger partial charge < -0.3 is 10.3 Å². The van der Waals surface area contributed by atoms with E-state index in [9.17, 15) is 14.4 Å². The zero-order valence-corrected chi connectivity index (χ0v) is 17.9. The van der Waals surface area contributed by atoms with Crippen molar-refractivity contribution in [1.82, 2.24) is 15.2 Å². The molecule has 158 valence electrons. The number of amides is 3. The zero-order chi connectivity index (χ0) is 21.9. The number of nitrogens with zero attached hydrogens (tertiary/aromatic N) is 1. The van der Waals surface area contributed by atoms with Gasteiger partial charge in [0.05, 0.1) is 11.1 Å². The third kappa shape index (κ3) is 3.14. The predicted molar refractivity (Wildman–Crippen MR) is 118 cm³/mol. The molecule has 1 unspecified atom stereocenters. The number of aromatic amines is 1. The summed E-state index contributed by atoms with van der Waals surface area (Å²) in [7, 11) is 0. The van der Waals surface area contributed by atoms with Gasteiger partial charge in [0.1, 0.15) is 0 Å². The van der Waals surface area contributed by atoms with Crippen LogP contribution in [0.3, 0.4) is 0 Å². The Hall–Kier alpha value is -3.41. The Labute approximate surface area is 180 Å². The number of benzene rings is 2. The van der Waals surface area contributed by atoms with Crippen molar-refractivity contribution in [1.29, 1.82) is 0 Å². The van der Waals surface area contributed by atoms with Crippen LogP contribution in [0.2, 0.25) is 0 Å². The first-order valence-corrected chi connectivity index (χ1v) is 10.8. The molecule has 1 aliphatic heterocycles. The van der Waals surface area contributed by atoms with Crippen molar-refractivity contribution >= 4 is 28.6 Å². The van der Waals surface area contributed by atoms with Gasteiger partial charge in [-0.15, -0.1) is 0 Å². The fraction of sp³-hybridized carbons (Fsp3) is 0.320. The van der Waals surface area contributed by atoms with Crippen molar-refractivity contribution in [2.24, 2.45) is 0 Å². The molecule has 31 heavy (non-hydrogen) atoms. The van der Waals surface area contributed by atoms with Crippen molar-refractivity contribution in [2.75, 3.05) is 0 Å². The van der Waals surface area contributed by atoms with E-state index in [1.54, 1.807) is 32.0 Å². The highest BCUT2D eigenvalue weighted by Crippen LogP contribution is 2.30. The molecule has 0 spiro atoms. The maximum Gasteiger partial charge on any atom is 0.261 e. The molecule has 2 aromatic carbocycles. The average molecular weight is 415 g/mol. The van der Waals surface area contributed by atoms with E-state index in [1.807, 2.05) is 0 Å². The highest BCUT2D eigenvalue weighted by atomic mass is 16.2. The van der Waals surface area contributed by atoms with Crippen LogP contribution >= 0.6 is 0 Å². The number of fused-ring (bicyclic) bond motifs is 4. The van der Waals surface area contributed by atoms with Gasteiger partial charge in [-0.1, -0.05) is 11.6 Å². The molecule has 0 bridgehead atoms. The average Bonchev–Trinajstić information content (AvgIpc) is 3.21. The normalized spacial score (nSPS) is 17.9. The van der Waals surface area contributed by atoms with Gasteiger partial charge in [0, 0.05) is 40.7 Å². The number of rotatable bonds is 3. The lowest BCUT2D eigenvalue weighted by atomic mass is 9.91. The Balaban J connectivity index is 1.35. The molecular weight excluding hydrogens is 390 g/mol. The van der Waals surface area contributed by atoms with Crippen LogP contribution in [0.5, 0.6) is 0 Å². The smallest absolute Gasteiger partial charge is 0.261 e. The summed E-state index contributed by atoms with van der Waals surface area (Å²) < 4.78 is 0. The molecule has 3 aromatic rings. The Bertz CT molecular complexity index is 1250. The summed E-state index contributed by atoms with van der Waals surface area (Å²) >= 11 is 0. The van der Waals surface area contributed by atoms with Crippen molar-refractivity contribution in [3.63, 3.8) is 0 Å². The molecule has 0 saturated carbocycles. The minimum Gasteiger partial charge on any atom is -0.358 e. The standard InChI is InChI=1S/C25H25N3O3/c1-13(2)28-24(30)18-7-5-15(11-20(18)25(28)31)23(29)26-16-6-8-17-19-10-14(3)4-9-21(19)27-22(17)12-16/h4-5,7,9-11,13,16,27H,6,8,12H2,1-3H3,(H,26,29). The van der Waals surface area contributed by atoms with Gasteiger partial charge in [0.25, 0.3) is 17.7 Å². The number of carbonyl (C=O) groups is 3. The van der Waals surface area contributed by atoms with Crippen LogP contribution in [0.4, 0.5) is 0 Å². The second kappa shape index (κ2) is 7.08. The summed E-state index contributed by atoms with van der Waals surface area (Å²) in [4.78, 5) is 42.8. The van der Waals surface area contributed by atoms with E-state index in [0.717, 1.165) is 24.8 Å². The first kappa shape index (κ1) is 19.5. The summed E-state index contributed by atoms with van der Waals surface area (Å²) in [6, 6.07) is 11.0. The maximum atomic E-state index is 12.9. The molecule has 1 atom stereocenters. The minimum absolute atomic E-state index is 0.0203. The van der Waals surface area contributed by atoms with Crippen molar-refractivity contribution in [2.45, 2.75) is 52.1 Å². The third-order valence-corrected chi connectivity index (χ3v) is 6.38. The van der Waals surface area contributed by atoms with E-state index >= 15 is 0 Å². The van der Waals surface area contributed by atoms with Crippen LogP contribution in [-0.2, 0) is 12.8 Å². The lowest BCUT2D eigenvalue weighted by Crippen LogP contribution is -2.38. The van der Waals surface area contributed by atoms with E-state index in [-0.39, 0.29) is 29.8 Å². The third-order valence-electron chi connectivity index (χ3n) is 6.38. The molecule has 0 fully saturated rings. The first-order valence-electron chi connectivity index (χ1n) is 10.8. The molecule has 3 amide bonds. The van der Waals surface area contributed by atoms with Gasteiger partial charge in [-0.05, 0) is 69.5 Å². The SMILES string of the molecule is Cc1ccc2[nH]c3c(c2c1)CCC(NC(=O)c1ccc2c(c1)C(=O)N(C(C)C)C2=O)C3. The minimum atomic E-state index is -0.333. The zero-order valence-electron chi connectivity index (χ0n) is 17.9. The number of nitrogens with one attached hydrogen (secondary N) is 2. The summed E-state index contributed by atoms with van der Waals surface area (Å²) in [5, 5.41) is 4.39. The van der Waals surface area contributed by atoms with E-state index in [1.165, 1.54) is 27.1 Å². The maximum absolute atomic E-state index is 12.9. The molecule has 1 aromatic heterocycles. The predicted octanol–water partition coefficient (Wildman–Crippen LogP) is 3.77. The number of carbonyl (C=O) groups excluding carboxylic acids is 3. The second-order valence-corrected chi connectivity index (χ2v) is 8.88. The molecule has 2 heterocycles. The molecule has 6 heteroatoms. The van der Waals surface area contributed by atoms with Gasteiger partial charge in [0.15, 0.2) is 0 Å². The number of H-pyrrole nitrogens is 1. The van der Waals surface area contributed by atoms with Gasteiger partial charge >= 0.3 is 0 Å². The molecule has 6 nitrogen and oxygen atoms in total. The summed E-state index contributed by atoms with van der Waals surface area (Å²) in [6.45, 7) is 5.70. The lowest BCUT2D eigenvalue weighted by Gasteiger charge is -2.23. The number of imide groups is 1. The topological polar surface area (TPSA) is 82.3 Å². The van der Waals surface area contributed by atoms with Crippen molar-refractivity contribution in [3.05, 3.63) is 69.9 Å². The van der Waals surface area contributed by atoms with Crippen LogP contribution in [-0.4, -0.2) is 39.7 Å². The van der Waals surface area contributed by atoms with E-state index in [2.05, 4.69) is 35.4 Å². The number of hydrogen-bond donors (Lipinski definition) is 2. The number of hydrogen-bond acceptors (Lipinski definition) is 3. The number of aromatic nitrogens is 1. The highest BCUT2D eigenvalue weighted by molar-refractivity contribution is 6.22. The van der Waals surface area contributed by atoms with Crippen LogP contribution in [0.15, 0.2) is 36.4 Å². The second-order valence-electron chi connectivity index (χ2n) is 8.88. The van der Waals surface area contributed by atoms with E-state index < -0.39 is 0 Å². The summed E-state index contributed by atoms with van der Waals surface area (Å²) in [6.07, 6.45) is 2.52. The summed E-state index contributed by atoms with van der Waals surface area (Å²) in [5.74, 6) is -0.845. The van der Waals surface area contributed by atoms with Gasteiger partial charge in [0.2, 0.25) is 0 Å². The van der Waals surface area contributed by atoms with E-state index in [4.69, 9.17) is 0 Å². The molecule has 1 aliphatic carbocycles. The monoisotopic (exact) mass is 415 g/mol. The Morgan fingerprint density at radius 2 is 1.87 bits per heavy atom. The van der Waals surface area contributed by atoms with Crippen LogP contribution in [0.25, 0.3) is 10.9 Å². The first-order chi connectivity index (χ1) is 14.8. The van der Waals surface area contributed by atoms with Gasteiger partial charge in [-0.2, -0.15) is 0 Å². The van der Waals surface area contributed by atoms with E-state index in [0.29, 0.717) is 16.7 Å². The van der Waals surface area contributed by atoms with Gasteiger partial charge in [-0.3, -0.25) is 19.3 Å². The van der Waals surface area contributed by atoms with Gasteiger partial charge in [-0.25, -0.2) is 0 Å². The largest absolute Gasteiger partial charge is 0.358 e. The highest BCUT2D eigenvalue weighted by Gasteiger charge is 2.37. The number of aryl methyl sites for hydroxylation is 2.